The van der Waals surface area contributed by atoms with E-state index in [0.29, 0.717) is 5.02 Å². The largest absolute Gasteiger partial charge is 0.346 e. The molecule has 0 aromatic heterocycles. The second-order valence-electron chi connectivity index (χ2n) is 6.79. The van der Waals surface area contributed by atoms with Crippen molar-refractivity contribution in [2.75, 3.05) is 0 Å². The Hall–Kier alpha value is -2.96. The minimum Gasteiger partial charge on any atom is -0.346 e. The topological polar surface area (TPSA) is 80.3 Å². The van der Waals surface area contributed by atoms with E-state index in [1.165, 1.54) is 30.3 Å². The molecule has 0 spiro atoms. The minimum atomic E-state index is -3.89. The molecular weight excluding hydrogens is 410 g/mol. The molecule has 29 heavy (non-hydrogen) atoms. The van der Waals surface area contributed by atoms with Crippen LogP contribution in [-0.2, 0) is 9.84 Å². The van der Waals surface area contributed by atoms with Crippen molar-refractivity contribution >= 4 is 33.1 Å². The Balaban J connectivity index is 1.69. The summed E-state index contributed by atoms with van der Waals surface area (Å²) in [4.78, 5) is 25.2. The van der Waals surface area contributed by atoms with E-state index in [4.69, 9.17) is 11.6 Å². The number of ketones is 1. The number of sulfone groups is 1. The maximum absolute atomic E-state index is 13.0. The number of hydrogen-bond donors (Lipinski definition) is 1. The molecule has 3 aromatic rings. The van der Waals surface area contributed by atoms with Crippen LogP contribution in [0.15, 0.2) is 76.5 Å². The van der Waals surface area contributed by atoms with Crippen molar-refractivity contribution in [3.8, 4) is 0 Å². The van der Waals surface area contributed by atoms with Gasteiger partial charge in [0.2, 0.25) is 9.84 Å². The average Bonchev–Trinajstić information content (AvgIpc) is 2.72. The highest BCUT2D eigenvalue weighted by atomic mass is 35.5. The number of fused-ring (bicyclic) bond motifs is 2. The number of amides is 1. The molecule has 1 amide bonds. The maximum Gasteiger partial charge on any atom is 0.251 e. The van der Waals surface area contributed by atoms with Crippen molar-refractivity contribution in [2.45, 2.75) is 22.8 Å². The molecule has 146 valence electrons. The maximum atomic E-state index is 13.0. The summed E-state index contributed by atoms with van der Waals surface area (Å²) in [6.45, 7) is 1.80. The number of hydrogen-bond acceptors (Lipinski definition) is 4. The first-order chi connectivity index (χ1) is 13.8. The molecule has 5 nitrogen and oxygen atoms in total. The summed E-state index contributed by atoms with van der Waals surface area (Å²) >= 11 is 6.00. The van der Waals surface area contributed by atoms with E-state index in [-0.39, 0.29) is 38.3 Å². The van der Waals surface area contributed by atoms with Crippen LogP contribution in [0.3, 0.4) is 0 Å². The Bertz CT molecular complexity index is 1270. The highest BCUT2D eigenvalue weighted by Crippen LogP contribution is 2.34. The van der Waals surface area contributed by atoms with E-state index in [1.807, 2.05) is 6.07 Å². The van der Waals surface area contributed by atoms with Crippen LogP contribution in [-0.4, -0.2) is 20.1 Å². The normalized spacial score (nSPS) is 15.2. The number of carbonyl (C=O) groups excluding carboxylic acids is 2. The van der Waals surface area contributed by atoms with Crippen molar-refractivity contribution in [2.24, 2.45) is 0 Å². The van der Waals surface area contributed by atoms with Crippen LogP contribution in [0.2, 0.25) is 5.02 Å². The van der Waals surface area contributed by atoms with Crippen LogP contribution in [0.1, 0.15) is 44.8 Å². The van der Waals surface area contributed by atoms with Gasteiger partial charge in [-0.15, -0.1) is 0 Å². The van der Waals surface area contributed by atoms with E-state index >= 15 is 0 Å². The van der Waals surface area contributed by atoms with Gasteiger partial charge in [0.15, 0.2) is 5.78 Å². The fourth-order valence-electron chi connectivity index (χ4n) is 3.36. The molecule has 7 heteroatoms. The molecule has 0 aliphatic carbocycles. The number of rotatable bonds is 3. The van der Waals surface area contributed by atoms with E-state index in [1.54, 1.807) is 37.3 Å². The molecule has 0 saturated carbocycles. The Morgan fingerprint density at radius 3 is 2.41 bits per heavy atom. The van der Waals surface area contributed by atoms with E-state index in [0.717, 1.165) is 5.56 Å². The molecule has 1 atom stereocenters. The SMILES string of the molecule is CC(NC(=O)c1ccc2c(c1)S(=O)(=O)c1ccccc1C2=O)c1cccc(Cl)c1. The molecule has 1 heterocycles. The highest BCUT2D eigenvalue weighted by molar-refractivity contribution is 7.91. The van der Waals surface area contributed by atoms with Crippen molar-refractivity contribution in [1.82, 2.24) is 5.32 Å². The first kappa shape index (κ1) is 19.4. The first-order valence-corrected chi connectivity index (χ1v) is 10.7. The fraction of sp³-hybridized carbons (Fsp3) is 0.0909. The van der Waals surface area contributed by atoms with Gasteiger partial charge in [0.05, 0.1) is 15.8 Å². The molecule has 1 N–H and O–H groups in total. The number of nitrogens with one attached hydrogen (secondary N) is 1. The second-order valence-corrected chi connectivity index (χ2v) is 9.11. The number of carbonyl (C=O) groups is 2. The van der Waals surface area contributed by atoms with Gasteiger partial charge < -0.3 is 5.32 Å². The summed E-state index contributed by atoms with van der Waals surface area (Å²) in [6, 6.07) is 17.0. The van der Waals surface area contributed by atoms with Crippen LogP contribution >= 0.6 is 11.6 Å². The molecule has 0 bridgehead atoms. The van der Waals surface area contributed by atoms with Crippen LogP contribution < -0.4 is 5.32 Å². The second kappa shape index (κ2) is 7.13. The molecule has 0 fully saturated rings. The van der Waals surface area contributed by atoms with Crippen LogP contribution in [0.5, 0.6) is 0 Å². The predicted octanol–water partition coefficient (Wildman–Crippen LogP) is 4.21. The van der Waals surface area contributed by atoms with Gasteiger partial charge in [-0.3, -0.25) is 9.59 Å². The Morgan fingerprint density at radius 2 is 1.66 bits per heavy atom. The van der Waals surface area contributed by atoms with Gasteiger partial charge in [-0.2, -0.15) is 0 Å². The lowest BCUT2D eigenvalue weighted by Crippen LogP contribution is -2.27. The first-order valence-electron chi connectivity index (χ1n) is 8.88. The standard InChI is InChI=1S/C22H16ClNO4S/c1-13(14-5-4-6-16(23)11-14)24-22(26)15-9-10-18-20(12-15)29(27,28)19-8-3-2-7-17(19)21(18)25/h2-13H,1H3,(H,24,26). The highest BCUT2D eigenvalue weighted by Gasteiger charge is 2.35. The summed E-state index contributed by atoms with van der Waals surface area (Å²) < 4.78 is 26.0. The number of halogens is 1. The third kappa shape index (κ3) is 3.34. The number of benzene rings is 3. The van der Waals surface area contributed by atoms with Crippen molar-refractivity contribution in [1.29, 1.82) is 0 Å². The molecule has 1 unspecified atom stereocenters. The van der Waals surface area contributed by atoms with Gasteiger partial charge in [-0.1, -0.05) is 35.9 Å². The van der Waals surface area contributed by atoms with Gasteiger partial charge in [0, 0.05) is 21.7 Å². The van der Waals surface area contributed by atoms with Gasteiger partial charge in [-0.05, 0) is 55.0 Å². The zero-order valence-electron chi connectivity index (χ0n) is 15.3. The van der Waals surface area contributed by atoms with Gasteiger partial charge in [0.25, 0.3) is 5.91 Å². The summed E-state index contributed by atoms with van der Waals surface area (Å²) in [6.07, 6.45) is 0. The van der Waals surface area contributed by atoms with Crippen LogP contribution in [0, 0.1) is 0 Å². The predicted molar refractivity (Wildman–Crippen MR) is 109 cm³/mol. The van der Waals surface area contributed by atoms with Gasteiger partial charge in [0.1, 0.15) is 0 Å². The molecular formula is C22H16ClNO4S. The van der Waals surface area contributed by atoms with Gasteiger partial charge >= 0.3 is 0 Å². The summed E-state index contributed by atoms with van der Waals surface area (Å²) in [5.74, 6) is -0.813. The molecule has 0 saturated heterocycles. The van der Waals surface area contributed by atoms with E-state index in [9.17, 15) is 18.0 Å². The lowest BCUT2D eigenvalue weighted by atomic mass is 10.0. The summed E-state index contributed by atoms with van der Waals surface area (Å²) in [5, 5.41) is 3.38. The van der Waals surface area contributed by atoms with Crippen LogP contribution in [0.25, 0.3) is 0 Å². The third-order valence-corrected chi connectivity index (χ3v) is 6.98. The third-order valence-electron chi connectivity index (χ3n) is 4.90. The van der Waals surface area contributed by atoms with Crippen molar-refractivity contribution in [3.63, 3.8) is 0 Å². The average molecular weight is 426 g/mol. The molecule has 1 aliphatic heterocycles. The Labute approximate surface area is 173 Å². The van der Waals surface area contributed by atoms with Gasteiger partial charge in [-0.25, -0.2) is 8.42 Å². The molecule has 1 aliphatic rings. The Morgan fingerprint density at radius 1 is 0.931 bits per heavy atom. The molecule has 3 aromatic carbocycles. The summed E-state index contributed by atoms with van der Waals surface area (Å²) in [7, 11) is -3.89. The van der Waals surface area contributed by atoms with E-state index in [2.05, 4.69) is 5.32 Å². The summed E-state index contributed by atoms with van der Waals surface area (Å²) in [5.41, 5.74) is 1.20. The minimum absolute atomic E-state index is 0.0395. The van der Waals surface area contributed by atoms with Crippen LogP contribution in [0.4, 0.5) is 0 Å². The quantitative estimate of drug-likeness (QED) is 0.533. The van der Waals surface area contributed by atoms with E-state index < -0.39 is 15.7 Å². The molecule has 0 radical (unpaired) electrons. The van der Waals surface area contributed by atoms with Crippen molar-refractivity contribution < 1.29 is 18.0 Å². The van der Waals surface area contributed by atoms with Crippen molar-refractivity contribution in [3.05, 3.63) is 94.0 Å². The fourth-order valence-corrected chi connectivity index (χ4v) is 5.24. The lowest BCUT2D eigenvalue weighted by molar-refractivity contribution is 0.0938. The zero-order valence-corrected chi connectivity index (χ0v) is 16.9. The lowest BCUT2D eigenvalue weighted by Gasteiger charge is -2.20. The Kier molecular flexibility index (Phi) is 4.76. The zero-order chi connectivity index (χ0) is 20.8. The monoisotopic (exact) mass is 425 g/mol. The molecule has 4 rings (SSSR count). The smallest absolute Gasteiger partial charge is 0.251 e.